The van der Waals surface area contributed by atoms with Gasteiger partial charge in [-0.3, -0.25) is 0 Å². The highest BCUT2D eigenvalue weighted by molar-refractivity contribution is 7.99. The third-order valence-electron chi connectivity index (χ3n) is 6.69. The molecule has 0 aliphatic carbocycles. The summed E-state index contributed by atoms with van der Waals surface area (Å²) in [5.74, 6) is 0.990. The average Bonchev–Trinajstić information content (AvgIpc) is 2.95. The van der Waals surface area contributed by atoms with Crippen molar-refractivity contribution in [3.05, 3.63) is 83.4 Å². The van der Waals surface area contributed by atoms with Gasteiger partial charge in [0.25, 0.3) is 0 Å². The number of benzene rings is 3. The Morgan fingerprint density at radius 2 is 1.66 bits per heavy atom. The summed E-state index contributed by atoms with van der Waals surface area (Å²) in [6, 6.07) is 21.2. The molecular formula is C32H38N2O6S. The fraction of sp³-hybridized carbons (Fsp3) is 0.375. The van der Waals surface area contributed by atoms with Crippen LogP contribution in [-0.4, -0.2) is 45.0 Å². The summed E-state index contributed by atoms with van der Waals surface area (Å²) in [6.45, 7) is 5.32. The summed E-state index contributed by atoms with van der Waals surface area (Å²) in [4.78, 5) is 26.2. The van der Waals surface area contributed by atoms with Gasteiger partial charge in [0, 0.05) is 22.3 Å². The third kappa shape index (κ3) is 7.67. The molecule has 0 bridgehead atoms. The zero-order valence-electron chi connectivity index (χ0n) is 24.4. The van der Waals surface area contributed by atoms with Crippen molar-refractivity contribution in [3.8, 4) is 11.5 Å². The van der Waals surface area contributed by atoms with E-state index in [1.807, 2.05) is 48.5 Å². The molecule has 3 aromatic rings. The number of alkyl carbamates (subject to hydrolysis) is 1. The van der Waals surface area contributed by atoms with Gasteiger partial charge in [0.15, 0.2) is 0 Å². The lowest BCUT2D eigenvalue weighted by Crippen LogP contribution is -2.45. The number of ether oxygens (including phenoxy) is 4. The number of hydrogen-bond donors (Lipinski definition) is 2. The highest BCUT2D eigenvalue weighted by atomic mass is 32.2. The van der Waals surface area contributed by atoms with Gasteiger partial charge in [0.05, 0.1) is 32.9 Å². The van der Waals surface area contributed by atoms with Crippen LogP contribution in [0.5, 0.6) is 11.5 Å². The molecule has 0 aromatic heterocycles. The van der Waals surface area contributed by atoms with Crippen LogP contribution in [0.2, 0.25) is 0 Å². The van der Waals surface area contributed by atoms with E-state index in [9.17, 15) is 9.59 Å². The molecule has 1 aliphatic rings. The minimum atomic E-state index is -0.893. The van der Waals surface area contributed by atoms with Gasteiger partial charge >= 0.3 is 12.1 Å². The maximum absolute atomic E-state index is 12.6. The number of carbonyl (C=O) groups is 2. The number of esters is 1. The van der Waals surface area contributed by atoms with E-state index in [0.717, 1.165) is 45.2 Å². The number of rotatable bonds is 9. The summed E-state index contributed by atoms with van der Waals surface area (Å²) in [5.41, 5.74) is 3.27. The van der Waals surface area contributed by atoms with Gasteiger partial charge in [-0.2, -0.15) is 0 Å². The van der Waals surface area contributed by atoms with Crippen molar-refractivity contribution < 1.29 is 28.5 Å². The van der Waals surface area contributed by atoms with Crippen LogP contribution in [0.25, 0.3) is 0 Å². The minimum absolute atomic E-state index is 0.0580. The topological polar surface area (TPSA) is 95.1 Å². The monoisotopic (exact) mass is 578 g/mol. The lowest BCUT2D eigenvalue weighted by molar-refractivity contribution is -0.143. The molecule has 2 unspecified atom stereocenters. The summed E-state index contributed by atoms with van der Waals surface area (Å²) in [5, 5.41) is 6.46. The molecule has 0 spiro atoms. The van der Waals surface area contributed by atoms with Crippen LogP contribution in [0.4, 0.5) is 10.5 Å². The number of anilines is 1. The molecule has 0 saturated carbocycles. The Hall–Kier alpha value is -3.85. The van der Waals surface area contributed by atoms with E-state index in [0.29, 0.717) is 0 Å². The first-order valence-corrected chi connectivity index (χ1v) is 14.4. The summed E-state index contributed by atoms with van der Waals surface area (Å²) in [7, 11) is 4.64. The summed E-state index contributed by atoms with van der Waals surface area (Å²) < 4.78 is 21.8. The van der Waals surface area contributed by atoms with Crippen molar-refractivity contribution in [1.82, 2.24) is 5.32 Å². The molecule has 0 saturated heterocycles. The van der Waals surface area contributed by atoms with Gasteiger partial charge in [0.1, 0.15) is 23.1 Å². The number of methoxy groups -OCH3 is 3. The highest BCUT2D eigenvalue weighted by Gasteiger charge is 2.33. The maximum atomic E-state index is 12.6. The van der Waals surface area contributed by atoms with Crippen LogP contribution >= 0.6 is 11.8 Å². The van der Waals surface area contributed by atoms with Crippen molar-refractivity contribution in [2.24, 2.45) is 0 Å². The van der Waals surface area contributed by atoms with Crippen molar-refractivity contribution >= 4 is 29.5 Å². The van der Waals surface area contributed by atoms with E-state index in [-0.39, 0.29) is 17.7 Å². The van der Waals surface area contributed by atoms with Crippen molar-refractivity contribution in [2.75, 3.05) is 26.6 Å². The van der Waals surface area contributed by atoms with Crippen molar-refractivity contribution in [3.63, 3.8) is 0 Å². The molecule has 218 valence electrons. The Kier molecular flexibility index (Phi) is 9.70. The Balaban J connectivity index is 1.67. The normalized spacial score (nSPS) is 16.9. The Morgan fingerprint density at radius 3 is 2.27 bits per heavy atom. The first kappa shape index (κ1) is 30.1. The Morgan fingerprint density at radius 1 is 0.976 bits per heavy atom. The lowest BCUT2D eigenvalue weighted by atomic mass is 9.90. The van der Waals surface area contributed by atoms with Crippen molar-refractivity contribution in [2.45, 2.75) is 61.4 Å². The molecule has 9 heteroatoms. The molecule has 2 N–H and O–H groups in total. The second-order valence-electron chi connectivity index (χ2n) is 10.8. The molecule has 3 atom stereocenters. The number of fused-ring (bicyclic) bond motifs is 1. The number of thioether (sulfide) groups is 1. The quantitative estimate of drug-likeness (QED) is 0.271. The largest absolute Gasteiger partial charge is 0.496 e. The Labute approximate surface area is 246 Å². The predicted molar refractivity (Wildman–Crippen MR) is 161 cm³/mol. The van der Waals surface area contributed by atoms with Gasteiger partial charge in [-0.25, -0.2) is 9.59 Å². The highest BCUT2D eigenvalue weighted by Crippen LogP contribution is 2.51. The van der Waals surface area contributed by atoms with Crippen LogP contribution in [-0.2, 0) is 20.7 Å². The molecule has 1 amide bonds. The van der Waals surface area contributed by atoms with Gasteiger partial charge in [-0.15, -0.1) is 11.8 Å². The third-order valence-corrected chi connectivity index (χ3v) is 7.97. The SMILES string of the molecule is COC(=O)[C@@H](Cc1ccc2c(c1)C(Sc1ccccc1)CC(c1c(OC)cccc1OC)N2)NC(=O)OC(C)(C)C. The van der Waals surface area contributed by atoms with E-state index in [2.05, 4.69) is 28.8 Å². The molecule has 0 fully saturated rings. The second kappa shape index (κ2) is 13.2. The molecule has 41 heavy (non-hydrogen) atoms. The van der Waals surface area contributed by atoms with E-state index in [1.54, 1.807) is 46.8 Å². The fourth-order valence-corrected chi connectivity index (χ4v) is 6.19. The number of amides is 1. The van der Waals surface area contributed by atoms with E-state index in [1.165, 1.54) is 7.11 Å². The van der Waals surface area contributed by atoms with E-state index in [4.69, 9.17) is 18.9 Å². The van der Waals surface area contributed by atoms with Crippen LogP contribution < -0.4 is 20.1 Å². The van der Waals surface area contributed by atoms with E-state index >= 15 is 0 Å². The minimum Gasteiger partial charge on any atom is -0.496 e. The smallest absolute Gasteiger partial charge is 0.408 e. The lowest BCUT2D eigenvalue weighted by Gasteiger charge is -2.35. The zero-order chi connectivity index (χ0) is 29.6. The van der Waals surface area contributed by atoms with Gasteiger partial charge in [-0.05, 0) is 68.7 Å². The van der Waals surface area contributed by atoms with Crippen molar-refractivity contribution in [1.29, 1.82) is 0 Å². The molecule has 1 aliphatic heterocycles. The fourth-order valence-electron chi connectivity index (χ4n) is 4.93. The standard InChI is InChI=1S/C32H38N2O6S/c1-32(2,3)40-31(36)34-25(30(35)39-6)18-20-15-16-23-22(17-20)28(41-21-11-8-7-9-12-21)19-24(33-23)29-26(37-4)13-10-14-27(29)38-5/h7-17,24-25,28,33H,18-19H2,1-6H3,(H,34,36)/t24?,25-,28?/m1/s1. The number of nitrogens with one attached hydrogen (secondary N) is 2. The number of hydrogen-bond acceptors (Lipinski definition) is 8. The van der Waals surface area contributed by atoms with Crippen LogP contribution in [0.1, 0.15) is 55.2 Å². The zero-order valence-corrected chi connectivity index (χ0v) is 25.2. The molecule has 4 rings (SSSR count). The van der Waals surface area contributed by atoms with Gasteiger partial charge in [0.2, 0.25) is 0 Å². The number of carbonyl (C=O) groups excluding carboxylic acids is 2. The van der Waals surface area contributed by atoms with Crippen LogP contribution in [0, 0.1) is 0 Å². The average molecular weight is 579 g/mol. The summed E-state index contributed by atoms with van der Waals surface area (Å²) in [6.07, 6.45) is 0.355. The predicted octanol–water partition coefficient (Wildman–Crippen LogP) is 6.70. The van der Waals surface area contributed by atoms with Gasteiger partial charge < -0.3 is 29.6 Å². The molecule has 8 nitrogen and oxygen atoms in total. The molecule has 1 heterocycles. The van der Waals surface area contributed by atoms with Crippen LogP contribution in [0.3, 0.4) is 0 Å². The molecular weight excluding hydrogens is 540 g/mol. The first-order valence-electron chi connectivity index (χ1n) is 13.5. The van der Waals surface area contributed by atoms with Gasteiger partial charge in [-0.1, -0.05) is 36.4 Å². The summed E-state index contributed by atoms with van der Waals surface area (Å²) >= 11 is 1.78. The molecule has 3 aromatic carbocycles. The van der Waals surface area contributed by atoms with E-state index < -0.39 is 23.7 Å². The Bertz CT molecular complexity index is 1340. The first-order chi connectivity index (χ1) is 19.6. The van der Waals surface area contributed by atoms with Crippen LogP contribution in [0.15, 0.2) is 71.6 Å². The molecule has 0 radical (unpaired) electrons. The second-order valence-corrected chi connectivity index (χ2v) is 12.1. The maximum Gasteiger partial charge on any atom is 0.408 e.